The molecule has 3 aromatic carbocycles. The van der Waals surface area contributed by atoms with Gasteiger partial charge in [-0.3, -0.25) is 4.79 Å². The first-order valence-electron chi connectivity index (χ1n) is 8.98. The second-order valence-electron chi connectivity index (χ2n) is 6.55. The molecule has 0 atom stereocenters. The van der Waals surface area contributed by atoms with E-state index in [1.54, 1.807) is 24.3 Å². The van der Waals surface area contributed by atoms with Crippen molar-refractivity contribution in [1.29, 1.82) is 5.26 Å². The number of carbonyl (C=O) groups excluding carboxylic acids is 1. The molecule has 0 radical (unpaired) electrons. The number of nitrogens with zero attached hydrogens (tertiary/aromatic N) is 1. The molecule has 5 heteroatoms. The van der Waals surface area contributed by atoms with Gasteiger partial charge < -0.3 is 5.32 Å². The molecule has 1 amide bonds. The van der Waals surface area contributed by atoms with E-state index in [1.807, 2.05) is 61.5 Å². The van der Waals surface area contributed by atoms with Crippen LogP contribution < -0.4 is 5.32 Å². The molecule has 29 heavy (non-hydrogen) atoms. The van der Waals surface area contributed by atoms with E-state index in [-0.39, 0.29) is 5.57 Å². The third-order valence-electron chi connectivity index (χ3n) is 4.50. The van der Waals surface area contributed by atoms with Crippen LogP contribution in [0.2, 0.25) is 10.0 Å². The van der Waals surface area contributed by atoms with Crippen molar-refractivity contribution in [2.75, 3.05) is 5.32 Å². The minimum Gasteiger partial charge on any atom is -0.321 e. The Balaban J connectivity index is 1.94. The molecule has 0 bridgehead atoms. The number of anilines is 1. The minimum absolute atomic E-state index is 0.00377. The molecule has 0 aliphatic rings. The van der Waals surface area contributed by atoms with Crippen LogP contribution in [0.1, 0.15) is 22.3 Å². The summed E-state index contributed by atoms with van der Waals surface area (Å²) in [6.45, 7) is 1.89. The number of benzene rings is 3. The SMILES string of the molecule is Cc1ccccc1NC(=O)/C(C#N)=C/c1cc(Cl)ccc1Cc1ccccc1Cl. The Bertz CT molecular complexity index is 1130. The number of hydrogen-bond acceptors (Lipinski definition) is 2. The Labute approximate surface area is 180 Å². The van der Waals surface area contributed by atoms with Crippen molar-refractivity contribution >= 4 is 40.9 Å². The minimum atomic E-state index is -0.467. The van der Waals surface area contributed by atoms with Gasteiger partial charge in [0.05, 0.1) is 0 Å². The summed E-state index contributed by atoms with van der Waals surface area (Å²) in [7, 11) is 0. The topological polar surface area (TPSA) is 52.9 Å². The predicted octanol–water partition coefficient (Wildman–Crippen LogP) is 6.44. The van der Waals surface area contributed by atoms with Gasteiger partial charge in [-0.15, -0.1) is 0 Å². The van der Waals surface area contributed by atoms with Crippen LogP contribution in [0.3, 0.4) is 0 Å². The van der Waals surface area contributed by atoms with Crippen LogP contribution in [-0.4, -0.2) is 5.91 Å². The largest absolute Gasteiger partial charge is 0.321 e. The van der Waals surface area contributed by atoms with E-state index >= 15 is 0 Å². The molecule has 0 fully saturated rings. The van der Waals surface area contributed by atoms with E-state index in [4.69, 9.17) is 23.2 Å². The van der Waals surface area contributed by atoms with Crippen molar-refractivity contribution < 1.29 is 4.79 Å². The normalized spacial score (nSPS) is 11.0. The van der Waals surface area contributed by atoms with Crippen molar-refractivity contribution in [2.24, 2.45) is 0 Å². The van der Waals surface area contributed by atoms with Crippen LogP contribution in [0.5, 0.6) is 0 Å². The number of hydrogen-bond donors (Lipinski definition) is 1. The Morgan fingerprint density at radius 3 is 2.48 bits per heavy atom. The van der Waals surface area contributed by atoms with Crippen molar-refractivity contribution in [3.8, 4) is 6.07 Å². The first-order valence-corrected chi connectivity index (χ1v) is 9.74. The van der Waals surface area contributed by atoms with E-state index in [1.165, 1.54) is 0 Å². The fourth-order valence-corrected chi connectivity index (χ4v) is 3.30. The molecule has 0 heterocycles. The maximum Gasteiger partial charge on any atom is 0.266 e. The van der Waals surface area contributed by atoms with Gasteiger partial charge in [0, 0.05) is 15.7 Å². The van der Waals surface area contributed by atoms with E-state index in [0.717, 1.165) is 16.7 Å². The van der Waals surface area contributed by atoms with Crippen LogP contribution in [0.4, 0.5) is 5.69 Å². The van der Waals surface area contributed by atoms with Crippen LogP contribution in [0.15, 0.2) is 72.3 Å². The van der Waals surface area contributed by atoms with Gasteiger partial charge in [-0.25, -0.2) is 0 Å². The second-order valence-corrected chi connectivity index (χ2v) is 7.39. The smallest absolute Gasteiger partial charge is 0.266 e. The molecule has 144 valence electrons. The molecule has 0 aromatic heterocycles. The molecule has 0 aliphatic heterocycles. The molecule has 1 N–H and O–H groups in total. The Hall–Kier alpha value is -3.06. The highest BCUT2D eigenvalue weighted by Gasteiger charge is 2.13. The van der Waals surface area contributed by atoms with E-state index in [9.17, 15) is 10.1 Å². The first kappa shape index (κ1) is 20.7. The second kappa shape index (κ2) is 9.43. The van der Waals surface area contributed by atoms with E-state index < -0.39 is 5.91 Å². The molecule has 0 saturated heterocycles. The van der Waals surface area contributed by atoms with Gasteiger partial charge in [-0.05, 0) is 65.9 Å². The van der Waals surface area contributed by atoms with Gasteiger partial charge in [0.1, 0.15) is 11.6 Å². The Morgan fingerprint density at radius 2 is 1.76 bits per heavy atom. The predicted molar refractivity (Wildman–Crippen MR) is 119 cm³/mol. The van der Waals surface area contributed by atoms with Gasteiger partial charge in [-0.2, -0.15) is 5.26 Å². The summed E-state index contributed by atoms with van der Waals surface area (Å²) in [5.74, 6) is -0.467. The van der Waals surface area contributed by atoms with Crippen LogP contribution >= 0.6 is 23.2 Å². The lowest BCUT2D eigenvalue weighted by Gasteiger charge is -2.10. The molecule has 3 rings (SSSR count). The summed E-state index contributed by atoms with van der Waals surface area (Å²) in [6, 6.07) is 22.4. The lowest BCUT2D eigenvalue weighted by molar-refractivity contribution is -0.112. The van der Waals surface area contributed by atoms with Gasteiger partial charge >= 0.3 is 0 Å². The number of rotatable bonds is 5. The zero-order valence-corrected chi connectivity index (χ0v) is 17.3. The summed E-state index contributed by atoms with van der Waals surface area (Å²) in [5, 5.41) is 13.5. The van der Waals surface area contributed by atoms with Crippen LogP contribution in [0, 0.1) is 18.3 Å². The molecule has 3 nitrogen and oxygen atoms in total. The number of amides is 1. The third-order valence-corrected chi connectivity index (χ3v) is 5.11. The highest BCUT2D eigenvalue weighted by Crippen LogP contribution is 2.25. The fourth-order valence-electron chi connectivity index (χ4n) is 2.91. The molecular weight excluding hydrogens is 403 g/mol. The Kier molecular flexibility index (Phi) is 6.72. The average Bonchev–Trinajstić information content (AvgIpc) is 2.71. The van der Waals surface area contributed by atoms with Crippen molar-refractivity contribution in [3.05, 3.63) is 105 Å². The third kappa shape index (κ3) is 5.26. The maximum absolute atomic E-state index is 12.7. The zero-order valence-electron chi connectivity index (χ0n) is 15.7. The van der Waals surface area contributed by atoms with Crippen LogP contribution in [-0.2, 0) is 11.2 Å². The monoisotopic (exact) mass is 420 g/mol. The molecule has 0 unspecified atom stereocenters. The maximum atomic E-state index is 12.7. The highest BCUT2D eigenvalue weighted by molar-refractivity contribution is 6.31. The highest BCUT2D eigenvalue weighted by atomic mass is 35.5. The van der Waals surface area contributed by atoms with Crippen molar-refractivity contribution in [2.45, 2.75) is 13.3 Å². The lowest BCUT2D eigenvalue weighted by Crippen LogP contribution is -2.14. The van der Waals surface area contributed by atoms with Gasteiger partial charge in [0.15, 0.2) is 0 Å². The Morgan fingerprint density at radius 1 is 1.03 bits per heavy atom. The van der Waals surface area contributed by atoms with E-state index in [2.05, 4.69) is 5.32 Å². The molecular formula is C24H18Cl2N2O. The zero-order chi connectivity index (χ0) is 20.8. The number of nitrogens with one attached hydrogen (secondary N) is 1. The van der Waals surface area contributed by atoms with Crippen molar-refractivity contribution in [3.63, 3.8) is 0 Å². The molecule has 3 aromatic rings. The molecule has 0 spiro atoms. The number of para-hydroxylation sites is 1. The van der Waals surface area contributed by atoms with Gasteiger partial charge in [0.25, 0.3) is 5.91 Å². The van der Waals surface area contributed by atoms with Gasteiger partial charge in [-0.1, -0.05) is 65.7 Å². The number of aryl methyl sites for hydroxylation is 1. The van der Waals surface area contributed by atoms with Crippen LogP contribution in [0.25, 0.3) is 6.08 Å². The lowest BCUT2D eigenvalue weighted by atomic mass is 9.98. The quantitative estimate of drug-likeness (QED) is 0.381. The summed E-state index contributed by atoms with van der Waals surface area (Å²) < 4.78 is 0. The number of halogens is 2. The number of nitriles is 1. The summed E-state index contributed by atoms with van der Waals surface area (Å²) in [6.07, 6.45) is 2.12. The summed E-state index contributed by atoms with van der Waals surface area (Å²) in [5.41, 5.74) is 4.15. The van der Waals surface area contributed by atoms with E-state index in [0.29, 0.717) is 27.7 Å². The summed E-state index contributed by atoms with van der Waals surface area (Å²) >= 11 is 12.5. The van der Waals surface area contributed by atoms with Crippen molar-refractivity contribution in [1.82, 2.24) is 0 Å². The van der Waals surface area contributed by atoms with Gasteiger partial charge in [0.2, 0.25) is 0 Å². The first-order chi connectivity index (χ1) is 14.0. The fraction of sp³-hybridized carbons (Fsp3) is 0.0833. The number of carbonyl (C=O) groups is 1. The molecule has 0 saturated carbocycles. The average molecular weight is 421 g/mol. The standard InChI is InChI=1S/C24H18Cl2N2O/c1-16-6-2-5-9-23(16)28-24(29)20(15-27)13-19-14-21(25)11-10-17(19)12-18-7-3-4-8-22(18)26/h2-11,13-14H,12H2,1H3,(H,28,29)/b20-13+. The summed E-state index contributed by atoms with van der Waals surface area (Å²) in [4.78, 5) is 12.7. The molecule has 0 aliphatic carbocycles.